The van der Waals surface area contributed by atoms with Gasteiger partial charge in [0.05, 0.1) is 6.10 Å². The Morgan fingerprint density at radius 2 is 1.76 bits per heavy atom. The lowest BCUT2D eigenvalue weighted by Gasteiger charge is -2.61. The van der Waals surface area contributed by atoms with Gasteiger partial charge in [0, 0.05) is 31.0 Å². The Morgan fingerprint density at radius 1 is 1.08 bits per heavy atom. The predicted molar refractivity (Wildman–Crippen MR) is 131 cm³/mol. The molecular formula is C28H38O9. The van der Waals surface area contributed by atoms with Crippen molar-refractivity contribution in [2.24, 2.45) is 34.5 Å². The zero-order valence-corrected chi connectivity index (χ0v) is 22.3. The maximum absolute atomic E-state index is 13.8. The summed E-state index contributed by atoms with van der Waals surface area (Å²) < 4.78 is 20.8. The molecule has 0 radical (unpaired) electrons. The minimum Gasteiger partial charge on any atom is -0.456 e. The van der Waals surface area contributed by atoms with Crippen molar-refractivity contribution in [2.75, 3.05) is 34.0 Å². The number of allylic oxidation sites excluding steroid dienone is 4. The summed E-state index contributed by atoms with van der Waals surface area (Å²) >= 11 is 0. The van der Waals surface area contributed by atoms with Crippen LogP contribution in [-0.4, -0.2) is 74.4 Å². The van der Waals surface area contributed by atoms with Crippen LogP contribution in [0.5, 0.6) is 0 Å². The lowest BCUT2D eigenvalue weighted by Crippen LogP contribution is -2.63. The number of Topliss-reactive ketones (excluding diaryl/α,β-unsaturated/α-hetero) is 1. The van der Waals surface area contributed by atoms with Crippen LogP contribution in [0.15, 0.2) is 23.8 Å². The van der Waals surface area contributed by atoms with Crippen LogP contribution < -0.4 is 0 Å². The molecular weight excluding hydrogens is 480 g/mol. The van der Waals surface area contributed by atoms with Gasteiger partial charge in [0.25, 0.3) is 0 Å². The maximum Gasteiger partial charge on any atom is 0.333 e. The molecule has 37 heavy (non-hydrogen) atoms. The van der Waals surface area contributed by atoms with Crippen molar-refractivity contribution in [1.82, 2.24) is 0 Å². The van der Waals surface area contributed by atoms with Gasteiger partial charge < -0.3 is 24.1 Å². The number of fused-ring (bicyclic) bond motifs is 5. The Labute approximate surface area is 217 Å². The normalized spacial score (nSPS) is 40.2. The van der Waals surface area contributed by atoms with Gasteiger partial charge in [-0.25, -0.2) is 9.59 Å². The van der Waals surface area contributed by atoms with Gasteiger partial charge >= 0.3 is 11.9 Å². The van der Waals surface area contributed by atoms with Crippen LogP contribution in [0.3, 0.4) is 0 Å². The van der Waals surface area contributed by atoms with E-state index in [0.717, 1.165) is 12.0 Å². The molecule has 8 atom stereocenters. The summed E-state index contributed by atoms with van der Waals surface area (Å²) in [5.41, 5.74) is -1.88. The maximum atomic E-state index is 13.8. The summed E-state index contributed by atoms with van der Waals surface area (Å²) in [4.78, 5) is 50.6. The fourth-order valence-electron chi connectivity index (χ4n) is 8.18. The number of hydrogen-bond acceptors (Lipinski definition) is 9. The van der Waals surface area contributed by atoms with Gasteiger partial charge in [-0.1, -0.05) is 32.4 Å². The minimum atomic E-state index is -1.56. The minimum absolute atomic E-state index is 0.0262. The second kappa shape index (κ2) is 10.1. The number of aliphatic hydroxyl groups excluding tert-OH is 1. The summed E-state index contributed by atoms with van der Waals surface area (Å²) in [5, 5.41) is 11.7. The largest absolute Gasteiger partial charge is 0.456 e. The van der Waals surface area contributed by atoms with E-state index in [1.165, 1.54) is 14.2 Å². The van der Waals surface area contributed by atoms with E-state index >= 15 is 0 Å². The molecule has 0 spiro atoms. The van der Waals surface area contributed by atoms with Crippen molar-refractivity contribution in [2.45, 2.75) is 58.2 Å². The highest BCUT2D eigenvalue weighted by Crippen LogP contribution is 2.68. The van der Waals surface area contributed by atoms with E-state index in [2.05, 4.69) is 13.8 Å². The highest BCUT2D eigenvalue weighted by molar-refractivity contribution is 6.01. The molecule has 4 aliphatic rings. The third-order valence-corrected chi connectivity index (χ3v) is 9.56. The fourth-order valence-corrected chi connectivity index (χ4v) is 8.18. The first-order valence-electron chi connectivity index (χ1n) is 13.0. The smallest absolute Gasteiger partial charge is 0.333 e. The first-order chi connectivity index (χ1) is 17.4. The van der Waals surface area contributed by atoms with Gasteiger partial charge in [0.2, 0.25) is 5.78 Å². The molecule has 0 saturated heterocycles. The molecule has 0 bridgehead atoms. The third-order valence-electron chi connectivity index (χ3n) is 9.56. The van der Waals surface area contributed by atoms with Gasteiger partial charge in [-0.3, -0.25) is 9.59 Å². The van der Waals surface area contributed by atoms with Crippen molar-refractivity contribution < 1.29 is 43.2 Å². The topological polar surface area (TPSA) is 125 Å². The Balaban J connectivity index is 1.71. The quantitative estimate of drug-likeness (QED) is 0.481. The van der Waals surface area contributed by atoms with E-state index in [9.17, 15) is 24.3 Å². The number of hydrogen-bond donors (Lipinski definition) is 1. The Kier molecular flexibility index (Phi) is 7.53. The number of esters is 2. The van der Waals surface area contributed by atoms with Crippen LogP contribution in [0.1, 0.15) is 46.5 Å². The molecule has 0 aromatic rings. The highest BCUT2D eigenvalue weighted by Gasteiger charge is 2.70. The Morgan fingerprint density at radius 3 is 2.43 bits per heavy atom. The van der Waals surface area contributed by atoms with Gasteiger partial charge in [-0.2, -0.15) is 0 Å². The van der Waals surface area contributed by atoms with Crippen molar-refractivity contribution in [3.63, 3.8) is 0 Å². The number of ether oxygens (including phenoxy) is 4. The van der Waals surface area contributed by atoms with E-state index in [0.29, 0.717) is 6.42 Å². The monoisotopic (exact) mass is 518 g/mol. The summed E-state index contributed by atoms with van der Waals surface area (Å²) in [6.45, 7) is 4.93. The van der Waals surface area contributed by atoms with Crippen LogP contribution in [0.25, 0.3) is 0 Å². The van der Waals surface area contributed by atoms with Crippen LogP contribution in [-0.2, 0) is 38.1 Å². The molecule has 0 aromatic carbocycles. The molecule has 9 nitrogen and oxygen atoms in total. The molecule has 4 rings (SSSR count). The molecule has 3 saturated carbocycles. The molecule has 3 fully saturated rings. The van der Waals surface area contributed by atoms with Crippen LogP contribution >= 0.6 is 0 Å². The Hall–Kier alpha value is -2.36. The van der Waals surface area contributed by atoms with Crippen molar-refractivity contribution in [3.05, 3.63) is 23.8 Å². The van der Waals surface area contributed by atoms with Gasteiger partial charge in [-0.05, 0) is 55.6 Å². The molecule has 0 unspecified atom stereocenters. The third kappa shape index (κ3) is 4.38. The zero-order chi connectivity index (χ0) is 27.2. The first kappa shape index (κ1) is 27.7. The molecule has 9 heteroatoms. The number of rotatable bonds is 8. The van der Waals surface area contributed by atoms with E-state index in [-0.39, 0.29) is 55.5 Å². The highest BCUT2D eigenvalue weighted by atomic mass is 16.6. The van der Waals surface area contributed by atoms with Crippen LogP contribution in [0, 0.1) is 34.5 Å². The lowest BCUT2D eigenvalue weighted by molar-refractivity contribution is -0.204. The number of methoxy groups -OCH3 is 2. The number of carbonyl (C=O) groups excluding carboxylic acids is 4. The average molecular weight is 519 g/mol. The first-order valence-corrected chi connectivity index (χ1v) is 13.0. The lowest BCUT2D eigenvalue weighted by atomic mass is 9.44. The zero-order valence-electron chi connectivity index (χ0n) is 22.3. The van der Waals surface area contributed by atoms with Gasteiger partial charge in [0.15, 0.2) is 18.0 Å². The second-order valence-electron chi connectivity index (χ2n) is 11.5. The van der Waals surface area contributed by atoms with Crippen molar-refractivity contribution in [1.29, 1.82) is 0 Å². The average Bonchev–Trinajstić information content (AvgIpc) is 3.11. The van der Waals surface area contributed by atoms with Crippen molar-refractivity contribution in [3.8, 4) is 0 Å². The summed E-state index contributed by atoms with van der Waals surface area (Å²) in [5.74, 6) is -1.92. The van der Waals surface area contributed by atoms with Crippen LogP contribution in [0.4, 0.5) is 0 Å². The van der Waals surface area contributed by atoms with E-state index in [1.54, 1.807) is 12.2 Å². The summed E-state index contributed by atoms with van der Waals surface area (Å²) in [6.07, 6.45) is 6.31. The van der Waals surface area contributed by atoms with Crippen molar-refractivity contribution >= 4 is 23.5 Å². The van der Waals surface area contributed by atoms with Crippen LogP contribution in [0.2, 0.25) is 0 Å². The molecule has 204 valence electrons. The molecule has 4 aliphatic carbocycles. The van der Waals surface area contributed by atoms with E-state index < -0.39 is 46.9 Å². The molecule has 1 N–H and O–H groups in total. The van der Waals surface area contributed by atoms with E-state index in [4.69, 9.17) is 18.9 Å². The van der Waals surface area contributed by atoms with Gasteiger partial charge in [0.1, 0.15) is 13.2 Å². The van der Waals surface area contributed by atoms with E-state index in [1.807, 2.05) is 13.0 Å². The SMILES string of the molecule is COCC(=O)OCC(=O)[C@@]1(OC(=O)COC)CC[C@H]2[C@@H]3C[C@H](C)C4=CC(=O)C=C[C@]4(C)[C@H]3[C@@H](O)C[C@@]21C. The van der Waals surface area contributed by atoms with Gasteiger partial charge in [-0.15, -0.1) is 0 Å². The number of aliphatic hydroxyl groups is 1. The standard InChI is InChI=1S/C28H38O9/c1-16-10-18-19-7-9-28(37-24(33)15-35-5,22(31)13-36-23(32)14-34-4)27(19,3)12-21(30)25(18)26(2)8-6-17(29)11-20(16)26/h6,8,11,16,18-19,21,25,30H,7,9-10,12-15H2,1-5H3/t16-,18-,19-,21-,25+,26-,27-,28-/m0/s1. The number of ketones is 2. The predicted octanol–water partition coefficient (Wildman–Crippen LogP) is 2.20. The Bertz CT molecular complexity index is 1030. The fraction of sp³-hybridized carbons (Fsp3) is 0.714. The molecule has 0 heterocycles. The summed E-state index contributed by atoms with van der Waals surface area (Å²) in [6, 6.07) is 0. The molecule has 0 amide bonds. The summed E-state index contributed by atoms with van der Waals surface area (Å²) in [7, 11) is 2.72. The number of carbonyl (C=O) groups is 4. The molecule has 0 aliphatic heterocycles. The second-order valence-corrected chi connectivity index (χ2v) is 11.5. The molecule has 0 aromatic heterocycles.